The first-order chi connectivity index (χ1) is 10.4. The van der Waals surface area contributed by atoms with Crippen molar-refractivity contribution in [1.29, 1.82) is 0 Å². The van der Waals surface area contributed by atoms with Crippen molar-refractivity contribution in [2.75, 3.05) is 6.61 Å². The average molecular weight is 320 g/mol. The molecule has 118 valence electrons. The summed E-state index contributed by atoms with van der Waals surface area (Å²) in [7, 11) is 0. The quantitative estimate of drug-likeness (QED) is 0.774. The number of carbonyl (C=O) groups is 1. The fourth-order valence-electron chi connectivity index (χ4n) is 2.63. The molecule has 0 saturated heterocycles. The monoisotopic (exact) mass is 319 g/mol. The van der Waals surface area contributed by atoms with E-state index in [0.29, 0.717) is 11.6 Å². The summed E-state index contributed by atoms with van der Waals surface area (Å²) < 4.78 is 5.68. The Hall–Kier alpha value is -1.74. The molecule has 0 saturated carbocycles. The van der Waals surface area contributed by atoms with E-state index in [1.165, 1.54) is 0 Å². The van der Waals surface area contributed by atoms with Crippen LogP contribution in [0.25, 0.3) is 6.08 Å². The number of hydrogen-bond donors (Lipinski definition) is 0. The van der Waals surface area contributed by atoms with E-state index >= 15 is 0 Å². The Morgan fingerprint density at radius 2 is 1.95 bits per heavy atom. The maximum atomic E-state index is 12.3. The molecular formula is C18H22ClNO2. The third-order valence-electron chi connectivity index (χ3n) is 3.51. The molecule has 1 amide bonds. The van der Waals surface area contributed by atoms with Gasteiger partial charge in [0.1, 0.15) is 12.4 Å². The number of ether oxygens (including phenoxy) is 1. The second-order valence-corrected chi connectivity index (χ2v) is 6.39. The molecule has 3 nitrogen and oxygen atoms in total. The molecule has 0 aromatic heterocycles. The van der Waals surface area contributed by atoms with E-state index in [9.17, 15) is 4.79 Å². The molecule has 0 radical (unpaired) electrons. The molecule has 1 heterocycles. The summed E-state index contributed by atoms with van der Waals surface area (Å²) in [6.07, 6.45) is 5.44. The van der Waals surface area contributed by atoms with E-state index in [1.807, 2.05) is 62.9 Å². The summed E-state index contributed by atoms with van der Waals surface area (Å²) in [4.78, 5) is 14.2. The third kappa shape index (κ3) is 3.92. The summed E-state index contributed by atoms with van der Waals surface area (Å²) in [6, 6.07) is 5.88. The average Bonchev–Trinajstić information content (AvgIpc) is 2.43. The maximum absolute atomic E-state index is 12.3. The number of amides is 1. The van der Waals surface area contributed by atoms with Gasteiger partial charge in [-0.05, 0) is 57.5 Å². The van der Waals surface area contributed by atoms with Crippen molar-refractivity contribution in [3.05, 3.63) is 46.5 Å². The Labute approximate surface area is 137 Å². The molecule has 2 rings (SSSR count). The van der Waals surface area contributed by atoms with E-state index < -0.39 is 0 Å². The van der Waals surface area contributed by atoms with Crippen LogP contribution in [0.3, 0.4) is 0 Å². The van der Waals surface area contributed by atoms with Crippen molar-refractivity contribution in [3.8, 4) is 5.75 Å². The van der Waals surface area contributed by atoms with Gasteiger partial charge >= 0.3 is 0 Å². The highest BCUT2D eigenvalue weighted by Gasteiger charge is 2.18. The number of rotatable bonds is 4. The number of nitrogens with zero attached hydrogens (tertiary/aromatic N) is 1. The topological polar surface area (TPSA) is 29.5 Å². The van der Waals surface area contributed by atoms with Crippen LogP contribution in [0, 0.1) is 0 Å². The third-order valence-corrected chi connectivity index (χ3v) is 3.75. The van der Waals surface area contributed by atoms with Gasteiger partial charge in [-0.15, -0.1) is 0 Å². The van der Waals surface area contributed by atoms with E-state index in [-0.39, 0.29) is 18.0 Å². The zero-order chi connectivity index (χ0) is 16.3. The van der Waals surface area contributed by atoms with Gasteiger partial charge in [0, 0.05) is 28.7 Å². The second kappa shape index (κ2) is 7.01. The highest BCUT2D eigenvalue weighted by atomic mass is 35.5. The first-order valence-corrected chi connectivity index (χ1v) is 7.89. The number of halogens is 1. The van der Waals surface area contributed by atoms with E-state index in [0.717, 1.165) is 16.9 Å². The molecule has 1 aliphatic heterocycles. The molecule has 0 spiro atoms. The van der Waals surface area contributed by atoms with Gasteiger partial charge in [0.25, 0.3) is 0 Å². The fraction of sp³-hybridized carbons (Fsp3) is 0.389. The molecule has 0 bridgehead atoms. The lowest BCUT2D eigenvalue weighted by molar-refractivity contribution is -0.129. The highest BCUT2D eigenvalue weighted by Crippen LogP contribution is 2.29. The lowest BCUT2D eigenvalue weighted by Crippen LogP contribution is -2.41. The van der Waals surface area contributed by atoms with Crippen LogP contribution >= 0.6 is 11.6 Å². The predicted octanol–water partition coefficient (Wildman–Crippen LogP) is 4.32. The number of hydrogen-bond acceptors (Lipinski definition) is 2. The summed E-state index contributed by atoms with van der Waals surface area (Å²) in [6.45, 7) is 8.54. The Morgan fingerprint density at radius 3 is 2.59 bits per heavy atom. The molecule has 1 aliphatic rings. The van der Waals surface area contributed by atoms with Gasteiger partial charge in [0.15, 0.2) is 0 Å². The maximum Gasteiger partial charge on any atom is 0.247 e. The van der Waals surface area contributed by atoms with Crippen LogP contribution in [-0.2, 0) is 4.79 Å². The van der Waals surface area contributed by atoms with E-state index in [4.69, 9.17) is 16.3 Å². The molecule has 4 heteroatoms. The Kier molecular flexibility index (Phi) is 5.30. The second-order valence-electron chi connectivity index (χ2n) is 5.96. The summed E-state index contributed by atoms with van der Waals surface area (Å²) in [5.74, 6) is 0.835. The van der Waals surface area contributed by atoms with Gasteiger partial charge < -0.3 is 9.64 Å². The van der Waals surface area contributed by atoms with Crippen LogP contribution < -0.4 is 4.74 Å². The lowest BCUT2D eigenvalue weighted by atomic mass is 10.1. The zero-order valence-electron chi connectivity index (χ0n) is 13.5. The van der Waals surface area contributed by atoms with Crippen LogP contribution in [-0.4, -0.2) is 29.5 Å². The SMILES string of the molecule is CC(C)N(C(=O)/C=C/C1=Cc2cc(Cl)ccc2OC1)C(C)C. The van der Waals surface area contributed by atoms with Crippen LogP contribution in [0.1, 0.15) is 33.3 Å². The van der Waals surface area contributed by atoms with Crippen LogP contribution in [0.2, 0.25) is 5.02 Å². The molecule has 22 heavy (non-hydrogen) atoms. The molecular weight excluding hydrogens is 298 g/mol. The van der Waals surface area contributed by atoms with Crippen molar-refractivity contribution in [2.45, 2.75) is 39.8 Å². The Morgan fingerprint density at radius 1 is 1.27 bits per heavy atom. The Bertz CT molecular complexity index is 610. The molecule has 0 N–H and O–H groups in total. The van der Waals surface area contributed by atoms with Gasteiger partial charge in [-0.3, -0.25) is 4.79 Å². The van der Waals surface area contributed by atoms with Crippen molar-refractivity contribution in [3.63, 3.8) is 0 Å². The molecule has 1 aromatic rings. The van der Waals surface area contributed by atoms with Crippen molar-refractivity contribution in [2.24, 2.45) is 0 Å². The van der Waals surface area contributed by atoms with Crippen LogP contribution in [0.4, 0.5) is 0 Å². The standard InChI is InChI=1S/C18H22ClNO2/c1-12(2)20(13(3)4)18(21)8-5-14-9-15-10-16(19)6-7-17(15)22-11-14/h5-10,12-13H,11H2,1-4H3/b8-5+. The largest absolute Gasteiger partial charge is 0.488 e. The minimum atomic E-state index is 0.0165. The number of benzene rings is 1. The lowest BCUT2D eigenvalue weighted by Gasteiger charge is -2.29. The van der Waals surface area contributed by atoms with Crippen molar-refractivity contribution < 1.29 is 9.53 Å². The normalized spacial score (nSPS) is 14.0. The predicted molar refractivity (Wildman–Crippen MR) is 91.2 cm³/mol. The molecule has 0 aliphatic carbocycles. The van der Waals surface area contributed by atoms with Gasteiger partial charge in [-0.1, -0.05) is 17.7 Å². The smallest absolute Gasteiger partial charge is 0.247 e. The Balaban J connectivity index is 2.15. The van der Waals surface area contributed by atoms with Crippen LogP contribution in [0.15, 0.2) is 35.9 Å². The first kappa shape index (κ1) is 16.6. The minimum absolute atomic E-state index is 0.0165. The minimum Gasteiger partial charge on any atom is -0.488 e. The number of fused-ring (bicyclic) bond motifs is 1. The van der Waals surface area contributed by atoms with Gasteiger partial charge in [0.05, 0.1) is 0 Å². The van der Waals surface area contributed by atoms with E-state index in [1.54, 1.807) is 6.08 Å². The summed E-state index contributed by atoms with van der Waals surface area (Å²) >= 11 is 6.00. The summed E-state index contributed by atoms with van der Waals surface area (Å²) in [5, 5.41) is 0.672. The molecule has 0 atom stereocenters. The van der Waals surface area contributed by atoms with Gasteiger partial charge in [-0.25, -0.2) is 0 Å². The molecule has 1 aromatic carbocycles. The molecule has 0 unspecified atom stereocenters. The van der Waals surface area contributed by atoms with E-state index in [2.05, 4.69) is 0 Å². The van der Waals surface area contributed by atoms with Crippen molar-refractivity contribution >= 4 is 23.6 Å². The van der Waals surface area contributed by atoms with Crippen LogP contribution in [0.5, 0.6) is 5.75 Å². The van der Waals surface area contributed by atoms with Crippen molar-refractivity contribution in [1.82, 2.24) is 4.90 Å². The fourth-order valence-corrected chi connectivity index (χ4v) is 2.81. The van der Waals surface area contributed by atoms with Gasteiger partial charge in [0.2, 0.25) is 5.91 Å². The van der Waals surface area contributed by atoms with Gasteiger partial charge in [-0.2, -0.15) is 0 Å². The highest BCUT2D eigenvalue weighted by molar-refractivity contribution is 6.30. The summed E-state index contributed by atoms with van der Waals surface area (Å²) in [5.41, 5.74) is 1.89. The first-order valence-electron chi connectivity index (χ1n) is 7.51. The number of carbonyl (C=O) groups excluding carboxylic acids is 1. The zero-order valence-corrected chi connectivity index (χ0v) is 14.2. The molecule has 0 fully saturated rings.